The molecule has 3 heteroatoms. The lowest BCUT2D eigenvalue weighted by molar-refractivity contribution is -0.138. The van der Waals surface area contributed by atoms with Gasteiger partial charge in [-0.05, 0) is 38.2 Å². The molecule has 1 saturated carbocycles. The van der Waals surface area contributed by atoms with Crippen molar-refractivity contribution >= 4 is 11.8 Å². The normalized spacial score (nSPS) is 27.9. The second kappa shape index (κ2) is 4.47. The predicted molar refractivity (Wildman–Crippen MR) is 64.4 cm³/mol. The van der Waals surface area contributed by atoms with Crippen molar-refractivity contribution < 1.29 is 14.3 Å². The zero-order valence-corrected chi connectivity index (χ0v) is 10.3. The van der Waals surface area contributed by atoms with Gasteiger partial charge in [0.1, 0.15) is 12.4 Å². The summed E-state index contributed by atoms with van der Waals surface area (Å²) in [6.45, 7) is 5.73. The van der Waals surface area contributed by atoms with Crippen LogP contribution in [-0.2, 0) is 14.3 Å². The van der Waals surface area contributed by atoms with Crippen LogP contribution in [0.25, 0.3) is 0 Å². The lowest BCUT2D eigenvalue weighted by Gasteiger charge is -2.30. The predicted octanol–water partition coefficient (Wildman–Crippen LogP) is 2.57. The van der Waals surface area contributed by atoms with E-state index in [0.717, 1.165) is 36.8 Å². The van der Waals surface area contributed by atoms with E-state index in [0.29, 0.717) is 6.42 Å². The smallest absolute Gasteiger partial charge is 0.334 e. The number of hydrogen-bond donors (Lipinski definition) is 0. The summed E-state index contributed by atoms with van der Waals surface area (Å²) in [5, 5.41) is 0. The van der Waals surface area contributed by atoms with Crippen LogP contribution in [0, 0.1) is 5.41 Å². The standard InChI is InChI=1S/C14H18O3/c1-3-9-17-13(16)10-5-4-8-14(2)11(10)6-7-12(14)15/h3H,1,4-9H2,2H3. The zero-order valence-electron chi connectivity index (χ0n) is 10.3. The van der Waals surface area contributed by atoms with Crippen molar-refractivity contribution in [2.24, 2.45) is 5.41 Å². The molecule has 0 spiro atoms. The summed E-state index contributed by atoms with van der Waals surface area (Å²) in [5.74, 6) is 0.0155. The summed E-state index contributed by atoms with van der Waals surface area (Å²) in [4.78, 5) is 23.8. The summed E-state index contributed by atoms with van der Waals surface area (Å²) in [7, 11) is 0. The fourth-order valence-electron chi connectivity index (χ4n) is 2.95. The molecule has 0 aromatic heterocycles. The summed E-state index contributed by atoms with van der Waals surface area (Å²) >= 11 is 0. The molecule has 1 unspecified atom stereocenters. The Morgan fingerprint density at radius 3 is 2.94 bits per heavy atom. The van der Waals surface area contributed by atoms with Gasteiger partial charge in [-0.25, -0.2) is 4.79 Å². The van der Waals surface area contributed by atoms with Crippen molar-refractivity contribution in [1.82, 2.24) is 0 Å². The molecule has 0 heterocycles. The summed E-state index contributed by atoms with van der Waals surface area (Å²) in [5.41, 5.74) is 1.38. The van der Waals surface area contributed by atoms with E-state index in [1.54, 1.807) is 6.08 Å². The quantitative estimate of drug-likeness (QED) is 0.557. The van der Waals surface area contributed by atoms with E-state index in [2.05, 4.69) is 6.58 Å². The molecule has 1 fully saturated rings. The monoisotopic (exact) mass is 234 g/mol. The van der Waals surface area contributed by atoms with Gasteiger partial charge in [-0.2, -0.15) is 0 Å². The minimum atomic E-state index is -0.388. The molecule has 0 aromatic rings. The van der Waals surface area contributed by atoms with E-state index in [1.165, 1.54) is 0 Å². The molecular weight excluding hydrogens is 216 g/mol. The second-order valence-electron chi connectivity index (χ2n) is 4.95. The van der Waals surface area contributed by atoms with E-state index in [9.17, 15) is 9.59 Å². The molecule has 0 saturated heterocycles. The lowest BCUT2D eigenvalue weighted by Crippen LogP contribution is -2.29. The molecule has 92 valence electrons. The minimum Gasteiger partial charge on any atom is -0.458 e. The van der Waals surface area contributed by atoms with Gasteiger partial charge in [0, 0.05) is 17.4 Å². The largest absolute Gasteiger partial charge is 0.458 e. The highest BCUT2D eigenvalue weighted by Gasteiger charge is 2.45. The minimum absolute atomic E-state index is 0.236. The first-order valence-corrected chi connectivity index (χ1v) is 6.13. The topological polar surface area (TPSA) is 43.4 Å². The first kappa shape index (κ1) is 12.1. The van der Waals surface area contributed by atoms with Gasteiger partial charge < -0.3 is 4.74 Å². The molecule has 2 aliphatic rings. The highest BCUT2D eigenvalue weighted by Crippen LogP contribution is 2.49. The van der Waals surface area contributed by atoms with Crippen molar-refractivity contribution in [3.8, 4) is 0 Å². The first-order valence-electron chi connectivity index (χ1n) is 6.13. The maximum atomic E-state index is 11.9. The van der Waals surface area contributed by atoms with E-state index in [-0.39, 0.29) is 23.8 Å². The van der Waals surface area contributed by atoms with E-state index in [4.69, 9.17) is 4.74 Å². The molecule has 3 nitrogen and oxygen atoms in total. The average molecular weight is 234 g/mol. The van der Waals surface area contributed by atoms with Crippen molar-refractivity contribution in [3.63, 3.8) is 0 Å². The molecular formula is C14H18O3. The summed E-state index contributed by atoms with van der Waals surface area (Å²) < 4.78 is 5.09. The van der Waals surface area contributed by atoms with Gasteiger partial charge in [0.2, 0.25) is 0 Å². The van der Waals surface area contributed by atoms with Crippen LogP contribution < -0.4 is 0 Å². The fourth-order valence-corrected chi connectivity index (χ4v) is 2.95. The van der Waals surface area contributed by atoms with Crippen molar-refractivity contribution in [2.75, 3.05) is 6.61 Å². The number of ketones is 1. The van der Waals surface area contributed by atoms with Gasteiger partial charge >= 0.3 is 5.97 Å². The van der Waals surface area contributed by atoms with Crippen LogP contribution in [0.3, 0.4) is 0 Å². The molecule has 1 atom stereocenters. The average Bonchev–Trinajstić information content (AvgIpc) is 2.62. The molecule has 0 amide bonds. The molecule has 0 aliphatic heterocycles. The van der Waals surface area contributed by atoms with Crippen LogP contribution in [0.2, 0.25) is 0 Å². The third-order valence-corrected chi connectivity index (χ3v) is 3.93. The van der Waals surface area contributed by atoms with E-state index in [1.807, 2.05) is 6.92 Å². The van der Waals surface area contributed by atoms with Gasteiger partial charge in [-0.1, -0.05) is 12.7 Å². The molecule has 17 heavy (non-hydrogen) atoms. The number of allylic oxidation sites excluding steroid dienone is 1. The lowest BCUT2D eigenvalue weighted by atomic mass is 9.72. The molecule has 2 aliphatic carbocycles. The van der Waals surface area contributed by atoms with Gasteiger partial charge in [-0.15, -0.1) is 0 Å². The highest BCUT2D eigenvalue weighted by molar-refractivity contribution is 5.97. The Kier molecular flexibility index (Phi) is 3.18. The van der Waals surface area contributed by atoms with Crippen LogP contribution in [0.5, 0.6) is 0 Å². The number of fused-ring (bicyclic) bond motifs is 1. The Morgan fingerprint density at radius 1 is 1.47 bits per heavy atom. The summed E-state index contributed by atoms with van der Waals surface area (Å²) in [6, 6.07) is 0. The number of carbonyl (C=O) groups is 2. The molecule has 0 N–H and O–H groups in total. The SMILES string of the molecule is C=CCOC(=O)C1=C2CCC(=O)C2(C)CCC1. The van der Waals surface area contributed by atoms with Gasteiger partial charge in [0.25, 0.3) is 0 Å². The molecule has 0 bridgehead atoms. The van der Waals surface area contributed by atoms with E-state index < -0.39 is 0 Å². The van der Waals surface area contributed by atoms with Gasteiger partial charge in [0.05, 0.1) is 0 Å². The Morgan fingerprint density at radius 2 is 2.24 bits per heavy atom. The van der Waals surface area contributed by atoms with Crippen LogP contribution in [-0.4, -0.2) is 18.4 Å². The molecule has 0 aromatic carbocycles. The number of esters is 1. The Balaban J connectivity index is 2.29. The maximum absolute atomic E-state index is 11.9. The molecule has 2 rings (SSSR count). The number of ether oxygens (including phenoxy) is 1. The van der Waals surface area contributed by atoms with Gasteiger partial charge in [0.15, 0.2) is 0 Å². The molecule has 0 radical (unpaired) electrons. The van der Waals surface area contributed by atoms with Gasteiger partial charge in [-0.3, -0.25) is 4.79 Å². The number of hydrogen-bond acceptors (Lipinski definition) is 3. The van der Waals surface area contributed by atoms with Crippen LogP contribution >= 0.6 is 0 Å². The van der Waals surface area contributed by atoms with Crippen molar-refractivity contribution in [3.05, 3.63) is 23.8 Å². The second-order valence-corrected chi connectivity index (χ2v) is 4.95. The van der Waals surface area contributed by atoms with Crippen LogP contribution in [0.1, 0.15) is 39.0 Å². The van der Waals surface area contributed by atoms with E-state index >= 15 is 0 Å². The third kappa shape index (κ3) is 1.94. The zero-order chi connectivity index (χ0) is 12.5. The number of rotatable bonds is 3. The maximum Gasteiger partial charge on any atom is 0.334 e. The van der Waals surface area contributed by atoms with Crippen LogP contribution in [0.15, 0.2) is 23.8 Å². The number of carbonyl (C=O) groups excluding carboxylic acids is 2. The fraction of sp³-hybridized carbons (Fsp3) is 0.571. The Bertz CT molecular complexity index is 406. The summed E-state index contributed by atoms with van der Waals surface area (Å²) in [6.07, 6.45) is 5.38. The van der Waals surface area contributed by atoms with Crippen LogP contribution in [0.4, 0.5) is 0 Å². The van der Waals surface area contributed by atoms with Crippen molar-refractivity contribution in [1.29, 1.82) is 0 Å². The van der Waals surface area contributed by atoms with Crippen molar-refractivity contribution in [2.45, 2.75) is 39.0 Å². The third-order valence-electron chi connectivity index (χ3n) is 3.93. The Hall–Kier alpha value is -1.38. The number of Topliss-reactive ketones (excluding diaryl/α,β-unsaturated/α-hetero) is 1. The Labute approximate surface area is 102 Å². The first-order chi connectivity index (χ1) is 8.09. The highest BCUT2D eigenvalue weighted by atomic mass is 16.5.